The van der Waals surface area contributed by atoms with E-state index in [-0.39, 0.29) is 41.5 Å². The van der Waals surface area contributed by atoms with Crippen LogP contribution in [-0.4, -0.2) is 27.3 Å². The third-order valence-corrected chi connectivity index (χ3v) is 4.65. The number of Topliss-reactive ketones (excluding diaryl/α,β-unsaturated/α-hetero) is 1. The zero-order valence-electron chi connectivity index (χ0n) is 14.8. The van der Waals surface area contributed by atoms with Gasteiger partial charge in [-0.25, -0.2) is 0 Å². The molecule has 26 heavy (non-hydrogen) atoms. The van der Waals surface area contributed by atoms with Crippen LogP contribution in [-0.2, 0) is 17.6 Å². The molecule has 0 saturated carbocycles. The van der Waals surface area contributed by atoms with E-state index >= 15 is 0 Å². The molecule has 0 spiro atoms. The van der Waals surface area contributed by atoms with Crippen molar-refractivity contribution in [1.82, 2.24) is 10.3 Å². The van der Waals surface area contributed by atoms with Gasteiger partial charge in [0, 0.05) is 34.6 Å². The largest absolute Gasteiger partial charge is 0.508 e. The first kappa shape index (κ1) is 20.4. The van der Waals surface area contributed by atoms with Crippen molar-refractivity contribution in [1.29, 1.82) is 0 Å². The van der Waals surface area contributed by atoms with E-state index in [2.05, 4.69) is 26.2 Å². The molecule has 0 aliphatic heterocycles. The molecule has 0 bridgehead atoms. The summed E-state index contributed by atoms with van der Waals surface area (Å²) in [4.78, 5) is 28.6. The molecule has 138 valence electrons. The van der Waals surface area contributed by atoms with Gasteiger partial charge in [0.15, 0.2) is 0 Å². The third-order valence-electron chi connectivity index (χ3n) is 3.46. The summed E-state index contributed by atoms with van der Waals surface area (Å²) in [7, 11) is 0. The fourth-order valence-corrected chi connectivity index (χ4v) is 2.85. The van der Waals surface area contributed by atoms with Crippen LogP contribution in [0.5, 0.6) is 5.75 Å². The van der Waals surface area contributed by atoms with E-state index in [0.717, 1.165) is 0 Å². The van der Waals surface area contributed by atoms with E-state index in [0.29, 0.717) is 20.6 Å². The second-order valence-electron chi connectivity index (χ2n) is 7.04. The van der Waals surface area contributed by atoms with Gasteiger partial charge < -0.3 is 10.4 Å². The van der Waals surface area contributed by atoms with Crippen molar-refractivity contribution in [3.63, 3.8) is 0 Å². The number of rotatable bonds is 5. The average molecular weight is 440 g/mol. The Morgan fingerprint density at radius 3 is 2.58 bits per heavy atom. The normalized spacial score (nSPS) is 11.3. The number of nitrogens with one attached hydrogen (secondary N) is 1. The molecule has 0 aliphatic rings. The number of aromatic nitrogens is 1. The van der Waals surface area contributed by atoms with E-state index in [4.69, 9.17) is 11.6 Å². The monoisotopic (exact) mass is 438 g/mol. The molecule has 0 aliphatic carbocycles. The van der Waals surface area contributed by atoms with Crippen LogP contribution >= 0.6 is 27.5 Å². The number of amides is 1. The summed E-state index contributed by atoms with van der Waals surface area (Å²) >= 11 is 9.24. The Morgan fingerprint density at radius 2 is 1.92 bits per heavy atom. The molecular weight excluding hydrogens is 420 g/mol. The highest BCUT2D eigenvalue weighted by molar-refractivity contribution is 9.10. The van der Waals surface area contributed by atoms with Crippen molar-refractivity contribution in [2.24, 2.45) is 0 Å². The predicted octanol–water partition coefficient (Wildman–Crippen LogP) is 4.09. The fourth-order valence-electron chi connectivity index (χ4n) is 2.33. The van der Waals surface area contributed by atoms with Gasteiger partial charge in [0.1, 0.15) is 17.2 Å². The van der Waals surface area contributed by atoms with Crippen LogP contribution in [0, 0.1) is 0 Å². The van der Waals surface area contributed by atoms with Gasteiger partial charge in [0.05, 0.1) is 5.02 Å². The van der Waals surface area contributed by atoms with Gasteiger partial charge in [0.25, 0.3) is 5.91 Å². The molecule has 7 heteroatoms. The summed E-state index contributed by atoms with van der Waals surface area (Å²) in [5.74, 6) is -0.384. The Labute approximate surface area is 165 Å². The van der Waals surface area contributed by atoms with E-state index in [1.54, 1.807) is 18.2 Å². The first-order chi connectivity index (χ1) is 12.0. The summed E-state index contributed by atoms with van der Waals surface area (Å²) in [5.41, 5.74) is 1.04. The summed E-state index contributed by atoms with van der Waals surface area (Å²) in [6, 6.07) is 6.33. The Bertz CT molecular complexity index is 847. The quantitative estimate of drug-likeness (QED) is 0.735. The molecule has 2 N–H and O–H groups in total. The number of aromatic hydroxyl groups is 1. The Balaban J connectivity index is 2.09. The van der Waals surface area contributed by atoms with Crippen molar-refractivity contribution < 1.29 is 14.7 Å². The van der Waals surface area contributed by atoms with Crippen LogP contribution in [0.2, 0.25) is 5.02 Å². The number of phenols is 1. The lowest BCUT2D eigenvalue weighted by Gasteiger charge is -2.20. The lowest BCUT2D eigenvalue weighted by Crippen LogP contribution is -2.40. The molecule has 0 atom stereocenters. The highest BCUT2D eigenvalue weighted by atomic mass is 79.9. The Morgan fingerprint density at radius 1 is 1.23 bits per heavy atom. The highest BCUT2D eigenvalue weighted by Crippen LogP contribution is 2.30. The molecule has 0 saturated heterocycles. The lowest BCUT2D eigenvalue weighted by atomic mass is 10.0. The third kappa shape index (κ3) is 5.81. The molecule has 2 rings (SSSR count). The maximum absolute atomic E-state index is 12.4. The Hall–Kier alpha value is -1.92. The van der Waals surface area contributed by atoms with Crippen molar-refractivity contribution >= 4 is 39.2 Å². The van der Waals surface area contributed by atoms with E-state index in [1.807, 2.05) is 20.8 Å². The molecule has 5 nitrogen and oxygen atoms in total. The van der Waals surface area contributed by atoms with Gasteiger partial charge in [0.2, 0.25) is 0 Å². The molecule has 2 aromatic rings. The van der Waals surface area contributed by atoms with Crippen molar-refractivity contribution in [3.05, 3.63) is 56.8 Å². The number of phenolic OH excluding ortho intramolecular Hbond substituents is 1. The van der Waals surface area contributed by atoms with Crippen LogP contribution in [0.3, 0.4) is 0 Å². The number of carbonyl (C=O) groups is 2. The molecular formula is C19H20BrClN2O3. The fraction of sp³-hybridized carbons (Fsp3) is 0.316. The molecule has 0 fully saturated rings. The SMILES string of the molecule is CC(C)(C)NC(=O)c1cc(CC(=O)Cc2cc(Cl)c(Br)cc2O)ccn1. The average Bonchev–Trinajstić information content (AvgIpc) is 2.51. The van der Waals surface area contributed by atoms with Gasteiger partial charge in [-0.3, -0.25) is 14.6 Å². The number of carbonyl (C=O) groups excluding carboxylic acids is 2. The van der Waals surface area contributed by atoms with Gasteiger partial charge in [-0.15, -0.1) is 0 Å². The smallest absolute Gasteiger partial charge is 0.270 e. The van der Waals surface area contributed by atoms with E-state index < -0.39 is 0 Å². The first-order valence-electron chi connectivity index (χ1n) is 8.01. The standard InChI is InChI=1S/C19H20BrClN2O3/c1-19(2,3)23-18(26)16-7-11(4-5-22-16)6-13(24)8-12-9-15(21)14(20)10-17(12)25/h4-5,7,9-10,25H,6,8H2,1-3H3,(H,23,26). The minimum absolute atomic E-state index is 0.00889. The lowest BCUT2D eigenvalue weighted by molar-refractivity contribution is -0.117. The first-order valence-corrected chi connectivity index (χ1v) is 9.18. The maximum atomic E-state index is 12.4. The van der Waals surface area contributed by atoms with Gasteiger partial charge in [-0.05, 0) is 66.5 Å². The zero-order valence-corrected chi connectivity index (χ0v) is 17.1. The van der Waals surface area contributed by atoms with Crippen LogP contribution in [0.4, 0.5) is 0 Å². The van der Waals surface area contributed by atoms with Gasteiger partial charge in [-0.1, -0.05) is 11.6 Å². The minimum Gasteiger partial charge on any atom is -0.508 e. The zero-order chi connectivity index (χ0) is 19.5. The van der Waals surface area contributed by atoms with Gasteiger partial charge in [-0.2, -0.15) is 0 Å². The second kappa shape index (κ2) is 8.18. The summed E-state index contributed by atoms with van der Waals surface area (Å²) < 4.78 is 0.566. The van der Waals surface area contributed by atoms with Crippen molar-refractivity contribution in [2.45, 2.75) is 39.2 Å². The minimum atomic E-state index is -0.372. The molecule has 0 unspecified atom stereocenters. The molecule has 1 aromatic carbocycles. The number of ketones is 1. The Kier molecular flexibility index (Phi) is 6.42. The molecule has 0 radical (unpaired) electrons. The topological polar surface area (TPSA) is 79.3 Å². The summed E-state index contributed by atoms with van der Waals surface area (Å²) in [5, 5.41) is 13.2. The molecule has 1 aromatic heterocycles. The number of pyridine rings is 1. The second-order valence-corrected chi connectivity index (χ2v) is 8.30. The van der Waals surface area contributed by atoms with Crippen LogP contribution in [0.15, 0.2) is 34.9 Å². The summed E-state index contributed by atoms with van der Waals surface area (Å²) in [6.45, 7) is 5.65. The number of hydrogen-bond donors (Lipinski definition) is 2. The number of halogens is 2. The predicted molar refractivity (Wildman–Crippen MR) is 105 cm³/mol. The number of hydrogen-bond acceptors (Lipinski definition) is 4. The number of nitrogens with zero attached hydrogens (tertiary/aromatic N) is 1. The van der Waals surface area contributed by atoms with E-state index in [9.17, 15) is 14.7 Å². The maximum Gasteiger partial charge on any atom is 0.270 e. The highest BCUT2D eigenvalue weighted by Gasteiger charge is 2.17. The van der Waals surface area contributed by atoms with Crippen LogP contribution in [0.25, 0.3) is 0 Å². The van der Waals surface area contributed by atoms with Crippen LogP contribution < -0.4 is 5.32 Å². The molecule has 1 amide bonds. The molecule has 1 heterocycles. The van der Waals surface area contributed by atoms with Crippen LogP contribution in [0.1, 0.15) is 42.4 Å². The summed E-state index contributed by atoms with van der Waals surface area (Å²) in [6.07, 6.45) is 1.68. The number of benzene rings is 1. The van der Waals surface area contributed by atoms with Crippen molar-refractivity contribution in [2.75, 3.05) is 0 Å². The van der Waals surface area contributed by atoms with Crippen molar-refractivity contribution in [3.8, 4) is 5.75 Å². The van der Waals surface area contributed by atoms with E-state index in [1.165, 1.54) is 12.3 Å². The van der Waals surface area contributed by atoms with Gasteiger partial charge >= 0.3 is 0 Å².